The number of methoxy groups -OCH3 is 1. The predicted octanol–water partition coefficient (Wildman–Crippen LogP) is 5.48. The van der Waals surface area contributed by atoms with Gasteiger partial charge in [0.05, 0.1) is 6.61 Å². The summed E-state index contributed by atoms with van der Waals surface area (Å²) < 4.78 is 36.8. The number of halogens is 3. The van der Waals surface area contributed by atoms with Gasteiger partial charge in [-0.15, -0.1) is 0 Å². The molecular formula is C31H38F3N3O3. The lowest BCUT2D eigenvalue weighted by molar-refractivity contribution is -0.192. The van der Waals surface area contributed by atoms with Crippen molar-refractivity contribution in [2.45, 2.75) is 44.7 Å². The molecule has 0 radical (unpaired) electrons. The number of alkyl halides is 3. The fourth-order valence-corrected chi connectivity index (χ4v) is 4.53. The summed E-state index contributed by atoms with van der Waals surface area (Å²) in [4.78, 5) is 11.5. The summed E-state index contributed by atoms with van der Waals surface area (Å²) in [6, 6.07) is 29.2. The normalized spacial score (nSPS) is 14.4. The van der Waals surface area contributed by atoms with Crippen molar-refractivity contribution in [1.82, 2.24) is 15.5 Å². The Kier molecular flexibility index (Phi) is 12.6. The van der Waals surface area contributed by atoms with E-state index >= 15 is 0 Å². The molecule has 6 nitrogen and oxygen atoms in total. The molecule has 0 spiro atoms. The minimum atomic E-state index is -5.08. The number of rotatable bonds is 11. The summed E-state index contributed by atoms with van der Waals surface area (Å²) in [6.45, 7) is 6.79. The maximum atomic E-state index is 10.6. The summed E-state index contributed by atoms with van der Waals surface area (Å²) in [5.41, 5.74) is 6.62. The number of nitrogens with zero attached hydrogens (tertiary/aromatic N) is 1. The monoisotopic (exact) mass is 557 g/mol. The molecule has 0 amide bonds. The molecule has 216 valence electrons. The van der Waals surface area contributed by atoms with E-state index in [2.05, 4.69) is 94.4 Å². The molecule has 0 atom stereocenters. The number of nitrogens with one attached hydrogen (secondary N) is 2. The molecule has 1 heterocycles. The molecule has 0 bridgehead atoms. The summed E-state index contributed by atoms with van der Waals surface area (Å²) in [5, 5.41) is 14.4. The lowest BCUT2D eigenvalue weighted by Gasteiger charge is -2.32. The van der Waals surface area contributed by atoms with Crippen LogP contribution in [0.2, 0.25) is 0 Å². The van der Waals surface area contributed by atoms with Gasteiger partial charge in [0.2, 0.25) is 0 Å². The average molecular weight is 558 g/mol. The minimum Gasteiger partial charge on any atom is -0.475 e. The van der Waals surface area contributed by atoms with E-state index in [9.17, 15) is 13.2 Å². The van der Waals surface area contributed by atoms with Crippen molar-refractivity contribution < 1.29 is 27.8 Å². The zero-order valence-electron chi connectivity index (χ0n) is 22.8. The van der Waals surface area contributed by atoms with Crippen LogP contribution in [0.25, 0.3) is 11.1 Å². The van der Waals surface area contributed by atoms with E-state index in [4.69, 9.17) is 14.6 Å². The van der Waals surface area contributed by atoms with Gasteiger partial charge in [-0.25, -0.2) is 4.79 Å². The first-order valence-electron chi connectivity index (χ1n) is 13.4. The molecule has 3 aromatic carbocycles. The van der Waals surface area contributed by atoms with Gasteiger partial charge in [0.25, 0.3) is 0 Å². The highest BCUT2D eigenvalue weighted by Crippen LogP contribution is 2.22. The van der Waals surface area contributed by atoms with Crippen LogP contribution >= 0.6 is 0 Å². The molecule has 1 aliphatic rings. The fraction of sp³-hybridized carbons (Fsp3) is 0.387. The second-order valence-electron chi connectivity index (χ2n) is 9.79. The van der Waals surface area contributed by atoms with Crippen molar-refractivity contribution in [1.29, 1.82) is 0 Å². The molecule has 9 heteroatoms. The molecule has 3 aromatic rings. The van der Waals surface area contributed by atoms with Gasteiger partial charge in [0, 0.05) is 39.3 Å². The molecule has 4 rings (SSSR count). The van der Waals surface area contributed by atoms with Crippen LogP contribution in [-0.4, -0.2) is 61.5 Å². The Morgan fingerprint density at radius 1 is 0.900 bits per heavy atom. The number of piperidine rings is 1. The van der Waals surface area contributed by atoms with Crippen LogP contribution in [0.3, 0.4) is 0 Å². The van der Waals surface area contributed by atoms with Gasteiger partial charge in [-0.2, -0.15) is 13.2 Å². The van der Waals surface area contributed by atoms with Crippen molar-refractivity contribution in [3.8, 4) is 11.1 Å². The van der Waals surface area contributed by atoms with Gasteiger partial charge in [0.15, 0.2) is 0 Å². The van der Waals surface area contributed by atoms with Crippen molar-refractivity contribution in [3.63, 3.8) is 0 Å². The number of aliphatic carboxylic acids is 1. The Morgan fingerprint density at radius 3 is 2.00 bits per heavy atom. The Balaban J connectivity index is 0.000000559. The Bertz CT molecular complexity index is 1170. The van der Waals surface area contributed by atoms with Crippen molar-refractivity contribution >= 4 is 5.97 Å². The van der Waals surface area contributed by atoms with Crippen molar-refractivity contribution in [3.05, 3.63) is 95.6 Å². The van der Waals surface area contributed by atoms with Gasteiger partial charge in [-0.1, -0.05) is 66.7 Å². The first kappa shape index (κ1) is 31.3. The van der Waals surface area contributed by atoms with E-state index < -0.39 is 12.1 Å². The maximum Gasteiger partial charge on any atom is 0.490 e. The van der Waals surface area contributed by atoms with E-state index in [-0.39, 0.29) is 0 Å². The average Bonchev–Trinajstić information content (AvgIpc) is 2.96. The molecule has 0 saturated carbocycles. The van der Waals surface area contributed by atoms with E-state index in [0.29, 0.717) is 6.04 Å². The number of carboxylic acids is 1. The topological polar surface area (TPSA) is 73.8 Å². The largest absolute Gasteiger partial charge is 0.490 e. The highest BCUT2D eigenvalue weighted by Gasteiger charge is 2.38. The zero-order valence-corrected chi connectivity index (χ0v) is 22.8. The van der Waals surface area contributed by atoms with Crippen LogP contribution in [0.15, 0.2) is 78.9 Å². The van der Waals surface area contributed by atoms with Crippen LogP contribution in [-0.2, 0) is 29.2 Å². The number of hydrogen-bond acceptors (Lipinski definition) is 5. The standard InChI is InChI=1S/C29H37N3O.C2HF3O2/c1-33-18-15-30-21-25-9-5-11-27(19-25)28-12-6-10-26(20-28)22-31-29-13-16-32(17-14-29)23-24-7-3-2-4-8-24;3-2(4,5)1(6)7/h2-12,19-20,29-31H,13-18,21-23H2,1H3;(H,6,7). The first-order valence-corrected chi connectivity index (χ1v) is 13.4. The molecule has 1 saturated heterocycles. The highest BCUT2D eigenvalue weighted by molar-refractivity contribution is 5.73. The van der Waals surface area contributed by atoms with Crippen molar-refractivity contribution in [2.24, 2.45) is 0 Å². The summed E-state index contributed by atoms with van der Waals surface area (Å²) >= 11 is 0. The van der Waals surface area contributed by atoms with E-state index in [0.717, 1.165) is 45.9 Å². The lowest BCUT2D eigenvalue weighted by atomic mass is 10.00. The number of benzene rings is 3. The molecule has 3 N–H and O–H groups in total. The van der Waals surface area contributed by atoms with Gasteiger partial charge in [-0.05, 0) is 65.9 Å². The Hall–Kier alpha value is -3.24. The van der Waals surface area contributed by atoms with Crippen LogP contribution in [0.4, 0.5) is 13.2 Å². The lowest BCUT2D eigenvalue weighted by Crippen LogP contribution is -2.41. The van der Waals surface area contributed by atoms with Crippen LogP contribution in [0.5, 0.6) is 0 Å². The molecule has 40 heavy (non-hydrogen) atoms. The quantitative estimate of drug-likeness (QED) is 0.271. The van der Waals surface area contributed by atoms with Gasteiger partial charge < -0.3 is 20.5 Å². The Labute approximate surface area is 234 Å². The highest BCUT2D eigenvalue weighted by atomic mass is 19.4. The second-order valence-corrected chi connectivity index (χ2v) is 9.79. The van der Waals surface area contributed by atoms with E-state index in [1.807, 2.05) is 0 Å². The number of hydrogen-bond donors (Lipinski definition) is 3. The van der Waals surface area contributed by atoms with Gasteiger partial charge >= 0.3 is 12.1 Å². The molecule has 0 unspecified atom stereocenters. The summed E-state index contributed by atoms with van der Waals surface area (Å²) in [6.07, 6.45) is -2.66. The molecular weight excluding hydrogens is 519 g/mol. The van der Waals surface area contributed by atoms with Crippen LogP contribution in [0.1, 0.15) is 29.5 Å². The zero-order chi connectivity index (χ0) is 28.8. The van der Waals surface area contributed by atoms with E-state index in [1.54, 1.807) is 7.11 Å². The second kappa shape index (κ2) is 16.1. The van der Waals surface area contributed by atoms with Crippen LogP contribution < -0.4 is 10.6 Å². The SMILES string of the molecule is COCCNCc1cccc(-c2cccc(CNC3CCN(Cc4ccccc4)CC3)c2)c1.O=C(O)C(F)(F)F. The third kappa shape index (κ3) is 11.1. The Morgan fingerprint density at radius 2 is 1.45 bits per heavy atom. The molecule has 0 aromatic heterocycles. The number of likely N-dealkylation sites (tertiary alicyclic amines) is 1. The van der Waals surface area contributed by atoms with Crippen LogP contribution in [0, 0.1) is 0 Å². The van der Waals surface area contributed by atoms with Gasteiger partial charge in [-0.3, -0.25) is 4.90 Å². The molecule has 1 fully saturated rings. The summed E-state index contributed by atoms with van der Waals surface area (Å²) in [5.74, 6) is -2.76. The van der Waals surface area contributed by atoms with Gasteiger partial charge in [0.1, 0.15) is 0 Å². The minimum absolute atomic E-state index is 0.599. The molecule has 1 aliphatic heterocycles. The number of carboxylic acid groups (broad SMARTS) is 1. The number of ether oxygens (including phenoxy) is 1. The van der Waals surface area contributed by atoms with Crippen molar-refractivity contribution in [2.75, 3.05) is 33.4 Å². The predicted molar refractivity (Wildman–Crippen MR) is 151 cm³/mol. The maximum absolute atomic E-state index is 10.6. The third-order valence-electron chi connectivity index (χ3n) is 6.67. The fourth-order valence-electron chi connectivity index (χ4n) is 4.53. The first-order chi connectivity index (χ1) is 19.2. The smallest absolute Gasteiger partial charge is 0.475 e. The third-order valence-corrected chi connectivity index (χ3v) is 6.67. The number of carbonyl (C=O) groups is 1. The molecule has 0 aliphatic carbocycles. The summed E-state index contributed by atoms with van der Waals surface area (Å²) in [7, 11) is 1.74. The van der Waals surface area contributed by atoms with E-state index in [1.165, 1.54) is 40.7 Å².